The summed E-state index contributed by atoms with van der Waals surface area (Å²) in [7, 11) is 0. The molecule has 74 valence electrons. The fraction of sp³-hybridized carbons (Fsp3) is 0. The summed E-state index contributed by atoms with van der Waals surface area (Å²) >= 11 is 4.64. The summed E-state index contributed by atoms with van der Waals surface area (Å²) < 4.78 is 0.395. The number of carboxylic acid groups (broad SMARTS) is 1. The third-order valence-electron chi connectivity index (χ3n) is 1.48. The molecule has 0 unspecified atom stereocenters. The molecule has 1 aromatic carbocycles. The van der Waals surface area contributed by atoms with Crippen LogP contribution < -0.4 is 0 Å². The molecule has 5 nitrogen and oxygen atoms in total. The van der Waals surface area contributed by atoms with Crippen LogP contribution in [0.3, 0.4) is 0 Å². The van der Waals surface area contributed by atoms with Crippen LogP contribution in [0.5, 0.6) is 0 Å². The van der Waals surface area contributed by atoms with Crippen molar-refractivity contribution in [2.24, 2.45) is 0 Å². The van der Waals surface area contributed by atoms with Gasteiger partial charge in [0.1, 0.15) is 3.57 Å². The van der Waals surface area contributed by atoms with E-state index in [0.717, 1.165) is 0 Å². The fourth-order valence-electron chi connectivity index (χ4n) is 0.874. The third kappa shape index (κ3) is 2.03. The quantitative estimate of drug-likeness (QED) is 0.492. The Labute approximate surface area is 101 Å². The highest BCUT2D eigenvalue weighted by Crippen LogP contribution is 2.32. The average molecular weight is 372 g/mol. The van der Waals surface area contributed by atoms with Gasteiger partial charge in [0.05, 0.1) is 15.0 Å². The molecule has 0 aliphatic heterocycles. The molecule has 0 atom stereocenters. The third-order valence-corrected chi connectivity index (χ3v) is 3.21. The van der Waals surface area contributed by atoms with Gasteiger partial charge in [-0.2, -0.15) is 0 Å². The van der Waals surface area contributed by atoms with Gasteiger partial charge in [0.25, 0.3) is 5.69 Å². The van der Waals surface area contributed by atoms with Crippen LogP contribution in [-0.2, 0) is 0 Å². The lowest BCUT2D eigenvalue weighted by Gasteiger charge is -2.01. The minimum atomic E-state index is -1.18. The molecule has 0 spiro atoms. The summed E-state index contributed by atoms with van der Waals surface area (Å²) in [5.41, 5.74) is -0.286. The molecule has 7 heteroatoms. The number of carboxylic acids is 1. The number of nitro benzene ring substituents is 1. The highest BCUT2D eigenvalue weighted by atomic mass is 127. The van der Waals surface area contributed by atoms with E-state index >= 15 is 0 Å². The number of nitrogens with zero attached hydrogens (tertiary/aromatic N) is 1. The van der Waals surface area contributed by atoms with Crippen molar-refractivity contribution < 1.29 is 14.8 Å². The van der Waals surface area contributed by atoms with Crippen molar-refractivity contribution in [2.45, 2.75) is 0 Å². The number of hydrogen-bond acceptors (Lipinski definition) is 3. The Hall–Kier alpha value is -0.700. The van der Waals surface area contributed by atoms with Gasteiger partial charge in [-0.1, -0.05) is 0 Å². The van der Waals surface area contributed by atoms with Crippen LogP contribution in [0.1, 0.15) is 10.4 Å². The number of nitro groups is 1. The monoisotopic (exact) mass is 371 g/mol. The Kier molecular flexibility index (Phi) is 3.43. The number of aromatic carboxylic acids is 1. The topological polar surface area (TPSA) is 80.4 Å². The second-order valence-corrected chi connectivity index (χ2v) is 4.25. The maximum Gasteiger partial charge on any atom is 0.337 e. The zero-order chi connectivity index (χ0) is 10.9. The van der Waals surface area contributed by atoms with Gasteiger partial charge in [0.15, 0.2) is 0 Å². The molecule has 0 aromatic heterocycles. The predicted molar refractivity (Wildman–Crippen MR) is 60.5 cm³/mol. The highest BCUT2D eigenvalue weighted by Gasteiger charge is 2.22. The van der Waals surface area contributed by atoms with Crippen molar-refractivity contribution in [1.29, 1.82) is 0 Å². The number of rotatable bonds is 2. The number of benzene rings is 1. The van der Waals surface area contributed by atoms with Crippen molar-refractivity contribution in [2.75, 3.05) is 0 Å². The smallest absolute Gasteiger partial charge is 0.337 e. The molecular weight excluding hydrogens is 369 g/mol. The Morgan fingerprint density at radius 1 is 1.57 bits per heavy atom. The molecular formula is C7H3BrINO4. The van der Waals surface area contributed by atoms with Crippen LogP contribution in [0, 0.1) is 13.7 Å². The first kappa shape index (κ1) is 11.4. The largest absolute Gasteiger partial charge is 0.478 e. The first-order valence-electron chi connectivity index (χ1n) is 3.31. The van der Waals surface area contributed by atoms with Crippen molar-refractivity contribution >= 4 is 50.2 Å². The molecule has 1 N–H and O–H groups in total. The van der Waals surface area contributed by atoms with E-state index in [1.165, 1.54) is 12.1 Å². The maximum absolute atomic E-state index is 10.7. The molecule has 0 saturated carbocycles. The summed E-state index contributed by atoms with van der Waals surface area (Å²) in [6.45, 7) is 0. The molecule has 0 aliphatic rings. The van der Waals surface area contributed by atoms with Crippen LogP contribution in [0.4, 0.5) is 5.69 Å². The van der Waals surface area contributed by atoms with Gasteiger partial charge < -0.3 is 5.11 Å². The van der Waals surface area contributed by atoms with Crippen molar-refractivity contribution in [1.82, 2.24) is 0 Å². The second kappa shape index (κ2) is 4.22. The number of carbonyl (C=O) groups is 1. The first-order chi connectivity index (χ1) is 6.45. The van der Waals surface area contributed by atoms with Gasteiger partial charge in [0, 0.05) is 0 Å². The van der Waals surface area contributed by atoms with E-state index in [9.17, 15) is 14.9 Å². The fourth-order valence-corrected chi connectivity index (χ4v) is 2.62. The minimum Gasteiger partial charge on any atom is -0.478 e. The summed E-state index contributed by atoms with van der Waals surface area (Å²) in [5.74, 6) is -1.18. The van der Waals surface area contributed by atoms with Gasteiger partial charge in [-0.25, -0.2) is 4.79 Å². The standard InChI is InChI=1S/C7H3BrINO4/c8-4-2-1-3(7(11)12)5(9)6(4)10(13)14/h1-2H,(H,11,12). The Bertz CT molecular complexity index is 420. The second-order valence-electron chi connectivity index (χ2n) is 2.32. The SMILES string of the molecule is O=C(O)c1ccc(Br)c([N+](=O)[O-])c1I. The van der Waals surface area contributed by atoms with E-state index < -0.39 is 10.9 Å². The van der Waals surface area contributed by atoms with Gasteiger partial charge in [-0.15, -0.1) is 0 Å². The average Bonchev–Trinajstić information content (AvgIpc) is 2.02. The lowest BCUT2D eigenvalue weighted by Crippen LogP contribution is -2.03. The van der Waals surface area contributed by atoms with Crippen LogP contribution >= 0.6 is 38.5 Å². The van der Waals surface area contributed by atoms with Gasteiger partial charge in [-0.3, -0.25) is 10.1 Å². The van der Waals surface area contributed by atoms with E-state index in [4.69, 9.17) is 5.11 Å². The molecule has 14 heavy (non-hydrogen) atoms. The highest BCUT2D eigenvalue weighted by molar-refractivity contribution is 14.1. The minimum absolute atomic E-state index is 0.0690. The van der Waals surface area contributed by atoms with E-state index in [2.05, 4.69) is 15.9 Å². The summed E-state index contributed by atoms with van der Waals surface area (Å²) in [4.78, 5) is 20.6. The van der Waals surface area contributed by atoms with Crippen LogP contribution in [-0.4, -0.2) is 16.0 Å². The Morgan fingerprint density at radius 3 is 2.57 bits per heavy atom. The van der Waals surface area contributed by atoms with E-state index in [1.54, 1.807) is 22.6 Å². The molecule has 0 fully saturated rings. The van der Waals surface area contributed by atoms with Crippen molar-refractivity contribution in [3.8, 4) is 0 Å². The first-order valence-corrected chi connectivity index (χ1v) is 5.18. The maximum atomic E-state index is 10.7. The lowest BCUT2D eigenvalue weighted by atomic mass is 10.2. The van der Waals surface area contributed by atoms with E-state index in [0.29, 0.717) is 0 Å². The predicted octanol–water partition coefficient (Wildman–Crippen LogP) is 2.66. The molecule has 0 aliphatic carbocycles. The number of hydrogen-bond donors (Lipinski definition) is 1. The Balaban J connectivity index is 3.49. The molecule has 0 amide bonds. The van der Waals surface area contributed by atoms with E-state index in [1.807, 2.05) is 0 Å². The van der Waals surface area contributed by atoms with Crippen molar-refractivity contribution in [3.63, 3.8) is 0 Å². The Morgan fingerprint density at radius 2 is 2.14 bits per heavy atom. The zero-order valence-corrected chi connectivity index (χ0v) is 10.3. The van der Waals surface area contributed by atoms with Crippen LogP contribution in [0.25, 0.3) is 0 Å². The molecule has 0 heterocycles. The molecule has 1 rings (SSSR count). The van der Waals surface area contributed by atoms with Gasteiger partial charge in [-0.05, 0) is 50.7 Å². The summed E-state index contributed by atoms with van der Waals surface area (Å²) in [6, 6.07) is 2.67. The van der Waals surface area contributed by atoms with Gasteiger partial charge in [0.2, 0.25) is 0 Å². The summed E-state index contributed by atoms with van der Waals surface area (Å²) in [6.07, 6.45) is 0. The lowest BCUT2D eigenvalue weighted by molar-refractivity contribution is -0.386. The van der Waals surface area contributed by atoms with Crippen molar-refractivity contribution in [3.05, 3.63) is 35.9 Å². The van der Waals surface area contributed by atoms with Crippen LogP contribution in [0.2, 0.25) is 0 Å². The number of halogens is 2. The van der Waals surface area contributed by atoms with Crippen LogP contribution in [0.15, 0.2) is 16.6 Å². The molecule has 0 bridgehead atoms. The molecule has 1 aromatic rings. The van der Waals surface area contributed by atoms with Gasteiger partial charge >= 0.3 is 5.97 Å². The normalized spacial score (nSPS) is 9.86. The zero-order valence-electron chi connectivity index (χ0n) is 6.53. The summed E-state index contributed by atoms with van der Waals surface area (Å²) in [5, 5.41) is 19.3. The molecule has 0 saturated heterocycles. The molecule has 0 radical (unpaired) electrons. The van der Waals surface area contributed by atoms with E-state index in [-0.39, 0.29) is 19.3 Å².